The SMILES string of the molecule is C=C/C(=C\C(=C/C)C1=CCC(c2cc(Cl)ccc2F)=NC=C1)C1=CC(CCN)C=C1.CC. The fraction of sp³-hybridized carbons (Fsp3) is 0.250. The second kappa shape index (κ2) is 12.9. The Balaban J connectivity index is 0.00000176. The zero-order chi connectivity index (χ0) is 23.5. The van der Waals surface area contributed by atoms with Gasteiger partial charge in [-0.1, -0.05) is 68.5 Å². The first kappa shape index (κ1) is 25.5. The molecule has 0 fully saturated rings. The molecular formula is C28H32ClFN2. The van der Waals surface area contributed by atoms with Crippen molar-refractivity contribution in [1.82, 2.24) is 0 Å². The molecule has 0 spiro atoms. The second-order valence-corrected chi connectivity index (χ2v) is 7.59. The lowest BCUT2D eigenvalue weighted by Gasteiger charge is -2.08. The maximum atomic E-state index is 14.2. The lowest BCUT2D eigenvalue weighted by Crippen LogP contribution is -2.03. The number of nitrogens with zero attached hydrogens (tertiary/aromatic N) is 1. The molecule has 32 heavy (non-hydrogen) atoms. The average molecular weight is 451 g/mol. The highest BCUT2D eigenvalue weighted by atomic mass is 35.5. The second-order valence-electron chi connectivity index (χ2n) is 7.15. The Morgan fingerprint density at radius 2 is 2.03 bits per heavy atom. The summed E-state index contributed by atoms with van der Waals surface area (Å²) in [5.74, 6) is 0.0541. The molecule has 0 saturated heterocycles. The third kappa shape index (κ3) is 6.62. The third-order valence-electron chi connectivity index (χ3n) is 5.16. The van der Waals surface area contributed by atoms with Crippen LogP contribution in [0.25, 0.3) is 0 Å². The van der Waals surface area contributed by atoms with Crippen LogP contribution in [0.2, 0.25) is 5.02 Å². The summed E-state index contributed by atoms with van der Waals surface area (Å²) in [6.07, 6.45) is 19.7. The zero-order valence-electron chi connectivity index (χ0n) is 19.1. The first-order valence-corrected chi connectivity index (χ1v) is 11.4. The van der Waals surface area contributed by atoms with E-state index in [2.05, 4.69) is 48.0 Å². The predicted octanol–water partition coefficient (Wildman–Crippen LogP) is 7.66. The van der Waals surface area contributed by atoms with Crippen LogP contribution in [0.3, 0.4) is 0 Å². The molecule has 2 aliphatic rings. The highest BCUT2D eigenvalue weighted by molar-refractivity contribution is 6.31. The predicted molar refractivity (Wildman–Crippen MR) is 138 cm³/mol. The lowest BCUT2D eigenvalue weighted by atomic mass is 9.97. The van der Waals surface area contributed by atoms with Crippen LogP contribution in [0, 0.1) is 11.7 Å². The van der Waals surface area contributed by atoms with Gasteiger partial charge in [-0.15, -0.1) is 0 Å². The molecule has 0 amide bonds. The number of hydrogen-bond acceptors (Lipinski definition) is 2. The first-order chi connectivity index (χ1) is 15.5. The van der Waals surface area contributed by atoms with Gasteiger partial charge in [-0.05, 0) is 78.5 Å². The Morgan fingerprint density at radius 3 is 2.72 bits per heavy atom. The van der Waals surface area contributed by atoms with E-state index < -0.39 is 0 Å². The van der Waals surface area contributed by atoms with Crippen LogP contribution in [0.15, 0.2) is 107 Å². The van der Waals surface area contributed by atoms with Crippen LogP contribution < -0.4 is 5.73 Å². The number of rotatable bonds is 7. The van der Waals surface area contributed by atoms with Crippen LogP contribution in [-0.2, 0) is 0 Å². The van der Waals surface area contributed by atoms with Gasteiger partial charge in [0.05, 0.1) is 5.71 Å². The smallest absolute Gasteiger partial charge is 0.132 e. The van der Waals surface area contributed by atoms with E-state index >= 15 is 0 Å². The van der Waals surface area contributed by atoms with Crippen molar-refractivity contribution in [1.29, 1.82) is 0 Å². The maximum Gasteiger partial charge on any atom is 0.132 e. The summed E-state index contributed by atoms with van der Waals surface area (Å²) in [4.78, 5) is 4.45. The largest absolute Gasteiger partial charge is 0.330 e. The number of halogens is 2. The monoisotopic (exact) mass is 450 g/mol. The van der Waals surface area contributed by atoms with E-state index in [-0.39, 0.29) is 5.82 Å². The van der Waals surface area contributed by atoms with Crippen molar-refractivity contribution in [3.8, 4) is 0 Å². The molecule has 1 heterocycles. The number of hydrogen-bond donors (Lipinski definition) is 1. The first-order valence-electron chi connectivity index (χ1n) is 11.1. The Morgan fingerprint density at radius 1 is 1.25 bits per heavy atom. The summed E-state index contributed by atoms with van der Waals surface area (Å²) < 4.78 is 14.2. The molecule has 0 saturated carbocycles. The van der Waals surface area contributed by atoms with Crippen LogP contribution in [0.1, 0.15) is 39.2 Å². The normalized spacial score (nSPS) is 18.3. The zero-order valence-corrected chi connectivity index (χ0v) is 19.9. The molecular weight excluding hydrogens is 419 g/mol. The standard InChI is InChI=1S/C26H26ClFN2.C2H6/c1-3-19(16-20(4-2)22-6-5-18(15-22)11-13-29)21-7-10-26(30-14-12-21)24-17-23(27)8-9-25(24)28;1-2/h3-9,12,14-18H,2,10-11,13,29H2,1H3;1-2H3/b19-3+,20-16+;. The van der Waals surface area contributed by atoms with E-state index in [1.165, 1.54) is 6.07 Å². The van der Waals surface area contributed by atoms with E-state index in [1.807, 2.05) is 32.9 Å². The molecule has 168 valence electrons. The van der Waals surface area contributed by atoms with Crippen molar-refractivity contribution in [2.75, 3.05) is 6.54 Å². The topological polar surface area (TPSA) is 38.4 Å². The van der Waals surface area contributed by atoms with E-state index in [4.69, 9.17) is 17.3 Å². The van der Waals surface area contributed by atoms with Gasteiger partial charge >= 0.3 is 0 Å². The van der Waals surface area contributed by atoms with Crippen molar-refractivity contribution < 1.29 is 4.39 Å². The highest BCUT2D eigenvalue weighted by Gasteiger charge is 2.14. The molecule has 1 aliphatic heterocycles. The number of allylic oxidation sites excluding steroid dienone is 12. The molecule has 4 heteroatoms. The van der Waals surface area contributed by atoms with Gasteiger partial charge in [0.15, 0.2) is 0 Å². The van der Waals surface area contributed by atoms with Crippen molar-refractivity contribution in [2.24, 2.45) is 16.6 Å². The van der Waals surface area contributed by atoms with E-state index in [0.717, 1.165) is 28.7 Å². The molecule has 3 rings (SSSR count). The van der Waals surface area contributed by atoms with E-state index in [1.54, 1.807) is 18.3 Å². The Bertz CT molecular complexity index is 1040. The quantitative estimate of drug-likeness (QED) is 0.425. The van der Waals surface area contributed by atoms with Gasteiger partial charge in [-0.2, -0.15) is 0 Å². The minimum atomic E-state index is -0.324. The minimum Gasteiger partial charge on any atom is -0.330 e. The molecule has 0 aromatic heterocycles. The summed E-state index contributed by atoms with van der Waals surface area (Å²) in [6, 6.07) is 4.53. The summed E-state index contributed by atoms with van der Waals surface area (Å²) >= 11 is 6.04. The Hall–Kier alpha value is -2.75. The third-order valence-corrected chi connectivity index (χ3v) is 5.40. The van der Waals surface area contributed by atoms with Gasteiger partial charge in [0.1, 0.15) is 5.82 Å². The minimum absolute atomic E-state index is 0.324. The maximum absolute atomic E-state index is 14.2. The molecule has 1 unspecified atom stereocenters. The summed E-state index contributed by atoms with van der Waals surface area (Å²) in [5.41, 5.74) is 11.1. The summed E-state index contributed by atoms with van der Waals surface area (Å²) in [6.45, 7) is 10.7. The Kier molecular flexibility index (Phi) is 10.3. The van der Waals surface area contributed by atoms with Crippen LogP contribution in [-0.4, -0.2) is 12.3 Å². The van der Waals surface area contributed by atoms with E-state index in [9.17, 15) is 4.39 Å². The molecule has 1 atom stereocenters. The molecule has 1 aromatic rings. The van der Waals surface area contributed by atoms with Crippen molar-refractivity contribution in [3.63, 3.8) is 0 Å². The van der Waals surface area contributed by atoms with Crippen molar-refractivity contribution >= 4 is 17.3 Å². The summed E-state index contributed by atoms with van der Waals surface area (Å²) in [5, 5.41) is 0.491. The molecule has 1 aromatic carbocycles. The van der Waals surface area contributed by atoms with Gasteiger partial charge in [-0.3, -0.25) is 4.99 Å². The Labute approximate surface area is 196 Å². The number of benzene rings is 1. The molecule has 0 radical (unpaired) electrons. The van der Waals surface area contributed by atoms with Crippen LogP contribution >= 0.6 is 11.6 Å². The lowest BCUT2D eigenvalue weighted by molar-refractivity contribution is 0.625. The average Bonchev–Trinajstić information content (AvgIpc) is 3.13. The fourth-order valence-electron chi connectivity index (χ4n) is 3.54. The molecule has 2 nitrogen and oxygen atoms in total. The molecule has 0 bridgehead atoms. The van der Waals surface area contributed by atoms with E-state index in [0.29, 0.717) is 35.2 Å². The summed E-state index contributed by atoms with van der Waals surface area (Å²) in [7, 11) is 0. The van der Waals surface area contributed by atoms with Crippen LogP contribution in [0.4, 0.5) is 4.39 Å². The van der Waals surface area contributed by atoms with Crippen LogP contribution in [0.5, 0.6) is 0 Å². The fourth-order valence-corrected chi connectivity index (χ4v) is 3.71. The van der Waals surface area contributed by atoms with Gasteiger partial charge in [0.2, 0.25) is 0 Å². The highest BCUT2D eigenvalue weighted by Crippen LogP contribution is 2.28. The van der Waals surface area contributed by atoms with Gasteiger partial charge in [0.25, 0.3) is 0 Å². The van der Waals surface area contributed by atoms with Gasteiger partial charge < -0.3 is 5.73 Å². The molecule has 1 aliphatic carbocycles. The van der Waals surface area contributed by atoms with Gasteiger partial charge in [-0.25, -0.2) is 4.39 Å². The van der Waals surface area contributed by atoms with Crippen molar-refractivity contribution in [2.45, 2.75) is 33.6 Å². The number of nitrogens with two attached hydrogens (primary N) is 1. The van der Waals surface area contributed by atoms with Crippen molar-refractivity contribution in [3.05, 3.63) is 118 Å². The van der Waals surface area contributed by atoms with Gasteiger partial charge in [0, 0.05) is 23.2 Å². The molecule has 2 N–H and O–H groups in total. The number of aliphatic imine (C=N–C) groups is 1.